The highest BCUT2D eigenvalue weighted by Gasteiger charge is 2.35. The first kappa shape index (κ1) is 19.8. The van der Waals surface area contributed by atoms with Gasteiger partial charge in [0.1, 0.15) is 5.69 Å². The van der Waals surface area contributed by atoms with Gasteiger partial charge in [0.15, 0.2) is 6.04 Å². The lowest BCUT2D eigenvalue weighted by Crippen LogP contribution is -2.27. The number of halogens is 4. The molecule has 0 aliphatic rings. The second kappa shape index (κ2) is 7.77. The topological polar surface area (TPSA) is 70.4 Å². The van der Waals surface area contributed by atoms with E-state index in [2.05, 4.69) is 9.72 Å². The van der Waals surface area contributed by atoms with E-state index in [1.165, 1.54) is 22.9 Å². The first-order valence-corrected chi connectivity index (χ1v) is 7.72. The zero-order chi connectivity index (χ0) is 19.5. The Morgan fingerprint density at radius 2 is 2.08 bits per heavy atom. The van der Waals surface area contributed by atoms with Crippen molar-refractivity contribution in [1.82, 2.24) is 9.55 Å². The second-order valence-corrected chi connectivity index (χ2v) is 5.44. The summed E-state index contributed by atoms with van der Waals surface area (Å²) in [7, 11) is 1.16. The van der Waals surface area contributed by atoms with E-state index in [4.69, 9.17) is 16.3 Å². The van der Waals surface area contributed by atoms with Gasteiger partial charge in [-0.25, -0.2) is 9.59 Å². The van der Waals surface area contributed by atoms with Gasteiger partial charge in [-0.1, -0.05) is 11.6 Å². The van der Waals surface area contributed by atoms with Gasteiger partial charge in [-0.05, 0) is 25.1 Å². The van der Waals surface area contributed by atoms with E-state index in [0.29, 0.717) is 12.3 Å². The Hall–Kier alpha value is -2.55. The molecule has 1 atom stereocenters. The van der Waals surface area contributed by atoms with E-state index >= 15 is 0 Å². The molecule has 26 heavy (non-hydrogen) atoms. The molecule has 6 nitrogen and oxygen atoms in total. The highest BCUT2D eigenvalue weighted by molar-refractivity contribution is 6.31. The standard InChI is InChI=1S/C16H14ClF3N2O4/c1-3-26-15(24)13(22-6-4-5-11(22)14(23)25-2)12-10(17)7-9(8-21-12)16(18,19)20/h4-8,13H,3H2,1-2H3. The van der Waals surface area contributed by atoms with Crippen LogP contribution in [-0.4, -0.2) is 35.2 Å². The molecule has 0 spiro atoms. The minimum absolute atomic E-state index is 0.0108. The number of nitrogens with zero attached hydrogens (tertiary/aromatic N) is 2. The van der Waals surface area contributed by atoms with Crippen molar-refractivity contribution < 1.29 is 32.2 Å². The summed E-state index contributed by atoms with van der Waals surface area (Å²) in [5.74, 6) is -1.57. The van der Waals surface area contributed by atoms with Gasteiger partial charge in [0.2, 0.25) is 0 Å². The van der Waals surface area contributed by atoms with Gasteiger partial charge in [-0.3, -0.25) is 4.98 Å². The zero-order valence-corrected chi connectivity index (χ0v) is 14.5. The Balaban J connectivity index is 2.59. The molecule has 0 fully saturated rings. The molecule has 2 aromatic heterocycles. The molecule has 0 N–H and O–H groups in total. The van der Waals surface area contributed by atoms with Crippen molar-refractivity contribution in [2.24, 2.45) is 0 Å². The number of pyridine rings is 1. The van der Waals surface area contributed by atoms with Gasteiger partial charge in [-0.2, -0.15) is 13.2 Å². The van der Waals surface area contributed by atoms with E-state index in [0.717, 1.165) is 7.11 Å². The summed E-state index contributed by atoms with van der Waals surface area (Å²) >= 11 is 5.96. The number of alkyl halides is 3. The van der Waals surface area contributed by atoms with Crippen LogP contribution in [0.25, 0.3) is 0 Å². The first-order valence-electron chi connectivity index (χ1n) is 7.35. The predicted octanol–water partition coefficient (Wildman–Crippen LogP) is 3.49. The molecule has 0 amide bonds. The summed E-state index contributed by atoms with van der Waals surface area (Å²) in [5.41, 5.74) is -1.25. The summed E-state index contributed by atoms with van der Waals surface area (Å²) in [6.45, 7) is 1.58. The van der Waals surface area contributed by atoms with Crippen molar-refractivity contribution in [3.8, 4) is 0 Å². The smallest absolute Gasteiger partial charge is 0.417 e. The van der Waals surface area contributed by atoms with Crippen LogP contribution in [0.3, 0.4) is 0 Å². The molecule has 0 saturated heterocycles. The number of rotatable bonds is 5. The molecular formula is C16H14ClF3N2O4. The van der Waals surface area contributed by atoms with Crippen LogP contribution in [0.5, 0.6) is 0 Å². The third kappa shape index (κ3) is 3.98. The number of aromatic nitrogens is 2. The number of methoxy groups -OCH3 is 1. The fourth-order valence-electron chi connectivity index (χ4n) is 2.28. The number of carbonyl (C=O) groups is 2. The average Bonchev–Trinajstić information content (AvgIpc) is 3.04. The fraction of sp³-hybridized carbons (Fsp3) is 0.312. The Kier molecular flexibility index (Phi) is 5.91. The Labute approximate surface area is 151 Å². The largest absolute Gasteiger partial charge is 0.464 e. The maximum atomic E-state index is 12.8. The minimum Gasteiger partial charge on any atom is -0.464 e. The monoisotopic (exact) mass is 390 g/mol. The second-order valence-electron chi connectivity index (χ2n) is 5.04. The third-order valence-electron chi connectivity index (χ3n) is 3.42. The lowest BCUT2D eigenvalue weighted by molar-refractivity contribution is -0.145. The Bertz CT molecular complexity index is 820. The maximum absolute atomic E-state index is 12.8. The predicted molar refractivity (Wildman–Crippen MR) is 84.8 cm³/mol. The molecule has 0 saturated carbocycles. The van der Waals surface area contributed by atoms with Gasteiger partial charge in [0, 0.05) is 12.4 Å². The number of hydrogen-bond acceptors (Lipinski definition) is 5. The van der Waals surface area contributed by atoms with Crippen LogP contribution in [0.1, 0.15) is 34.7 Å². The molecule has 10 heteroatoms. The van der Waals surface area contributed by atoms with Crippen LogP contribution in [-0.2, 0) is 20.4 Å². The molecule has 2 aromatic rings. The molecule has 0 aromatic carbocycles. The average molecular weight is 391 g/mol. The van der Waals surface area contributed by atoms with Crippen molar-refractivity contribution in [1.29, 1.82) is 0 Å². The molecule has 0 bridgehead atoms. The summed E-state index contributed by atoms with van der Waals surface area (Å²) in [6, 6.07) is 2.16. The summed E-state index contributed by atoms with van der Waals surface area (Å²) in [5, 5.41) is -0.387. The normalized spacial score (nSPS) is 12.5. The highest BCUT2D eigenvalue weighted by Crippen LogP contribution is 2.34. The first-order chi connectivity index (χ1) is 12.2. The summed E-state index contributed by atoms with van der Waals surface area (Å²) < 4.78 is 49.2. The van der Waals surface area contributed by atoms with Crippen LogP contribution < -0.4 is 0 Å². The van der Waals surface area contributed by atoms with Crippen LogP contribution in [0, 0.1) is 0 Å². The quantitative estimate of drug-likeness (QED) is 0.731. The lowest BCUT2D eigenvalue weighted by atomic mass is 10.1. The van der Waals surface area contributed by atoms with E-state index in [9.17, 15) is 22.8 Å². The molecule has 1 unspecified atom stereocenters. The number of esters is 2. The van der Waals surface area contributed by atoms with Crippen molar-refractivity contribution in [2.75, 3.05) is 13.7 Å². The van der Waals surface area contributed by atoms with Crippen LogP contribution in [0.2, 0.25) is 5.02 Å². The van der Waals surface area contributed by atoms with Crippen molar-refractivity contribution in [3.05, 3.63) is 52.6 Å². The fourth-order valence-corrected chi connectivity index (χ4v) is 2.55. The molecule has 0 radical (unpaired) electrons. The third-order valence-corrected chi connectivity index (χ3v) is 3.72. The Morgan fingerprint density at radius 3 is 2.62 bits per heavy atom. The Morgan fingerprint density at radius 1 is 1.38 bits per heavy atom. The van der Waals surface area contributed by atoms with Gasteiger partial charge in [0.05, 0.1) is 30.0 Å². The summed E-state index contributed by atoms with van der Waals surface area (Å²) in [4.78, 5) is 28.0. The molecular weight excluding hydrogens is 377 g/mol. The van der Waals surface area contributed by atoms with E-state index in [-0.39, 0.29) is 23.0 Å². The highest BCUT2D eigenvalue weighted by atomic mass is 35.5. The van der Waals surface area contributed by atoms with Gasteiger partial charge >= 0.3 is 18.1 Å². The molecule has 2 heterocycles. The number of ether oxygens (including phenoxy) is 2. The molecule has 2 rings (SSSR count). The molecule has 0 aliphatic heterocycles. The van der Waals surface area contributed by atoms with Crippen LogP contribution >= 0.6 is 11.6 Å². The van der Waals surface area contributed by atoms with Gasteiger partial charge in [0.25, 0.3) is 0 Å². The van der Waals surface area contributed by atoms with E-state index < -0.39 is 29.7 Å². The van der Waals surface area contributed by atoms with Crippen LogP contribution in [0.15, 0.2) is 30.6 Å². The SMILES string of the molecule is CCOC(=O)C(c1ncc(C(F)(F)F)cc1Cl)n1cccc1C(=O)OC. The van der Waals surface area contributed by atoms with E-state index in [1.807, 2.05) is 0 Å². The number of carbonyl (C=O) groups excluding carboxylic acids is 2. The molecule has 0 aliphatic carbocycles. The van der Waals surface area contributed by atoms with Crippen molar-refractivity contribution >= 4 is 23.5 Å². The van der Waals surface area contributed by atoms with Gasteiger partial charge < -0.3 is 14.0 Å². The zero-order valence-electron chi connectivity index (χ0n) is 13.7. The maximum Gasteiger partial charge on any atom is 0.417 e. The van der Waals surface area contributed by atoms with Crippen molar-refractivity contribution in [3.63, 3.8) is 0 Å². The van der Waals surface area contributed by atoms with Crippen molar-refractivity contribution in [2.45, 2.75) is 19.1 Å². The van der Waals surface area contributed by atoms with Crippen LogP contribution in [0.4, 0.5) is 13.2 Å². The number of hydrogen-bond donors (Lipinski definition) is 0. The van der Waals surface area contributed by atoms with E-state index in [1.54, 1.807) is 6.92 Å². The lowest BCUT2D eigenvalue weighted by Gasteiger charge is -2.20. The van der Waals surface area contributed by atoms with Gasteiger partial charge in [-0.15, -0.1) is 0 Å². The minimum atomic E-state index is -4.64. The summed E-state index contributed by atoms with van der Waals surface area (Å²) in [6.07, 6.45) is -2.70. The molecule has 140 valence electrons.